The van der Waals surface area contributed by atoms with E-state index in [1.54, 1.807) is 31.4 Å². The van der Waals surface area contributed by atoms with E-state index >= 15 is 0 Å². The van der Waals surface area contributed by atoms with Gasteiger partial charge in [-0.3, -0.25) is 9.59 Å². The summed E-state index contributed by atoms with van der Waals surface area (Å²) in [5, 5.41) is 5.56. The van der Waals surface area contributed by atoms with E-state index in [1.807, 2.05) is 24.3 Å². The molecule has 0 saturated carbocycles. The smallest absolute Gasteiger partial charge is 0.228 e. The molecule has 0 spiro atoms. The molecule has 0 atom stereocenters. The predicted octanol–water partition coefficient (Wildman–Crippen LogP) is 2.16. The lowest BCUT2D eigenvalue weighted by Crippen LogP contribution is -2.19. The Morgan fingerprint density at radius 2 is 1.54 bits per heavy atom. The predicted molar refractivity (Wildman–Crippen MR) is 94.1 cm³/mol. The maximum atomic E-state index is 12.2. The highest BCUT2D eigenvalue weighted by molar-refractivity contribution is 6.00. The molecule has 0 aliphatic carbocycles. The van der Waals surface area contributed by atoms with Gasteiger partial charge in [-0.2, -0.15) is 0 Å². The Bertz CT molecular complexity index is 699. The van der Waals surface area contributed by atoms with Gasteiger partial charge in [0, 0.05) is 13.0 Å². The number of nitrogens with one attached hydrogen (secondary N) is 2. The van der Waals surface area contributed by atoms with Crippen molar-refractivity contribution >= 4 is 23.2 Å². The first kappa shape index (κ1) is 17.5. The Balaban J connectivity index is 2.01. The Kier molecular flexibility index (Phi) is 6.33. The number of anilines is 2. The average Bonchev–Trinajstić information content (AvgIpc) is 2.57. The molecule has 0 saturated heterocycles. The first-order chi connectivity index (χ1) is 11.6. The molecule has 126 valence electrons. The van der Waals surface area contributed by atoms with Gasteiger partial charge in [0.2, 0.25) is 11.8 Å². The van der Waals surface area contributed by atoms with Gasteiger partial charge in [0.15, 0.2) is 0 Å². The summed E-state index contributed by atoms with van der Waals surface area (Å²) < 4.78 is 5.09. The molecule has 0 aliphatic heterocycles. The summed E-state index contributed by atoms with van der Waals surface area (Å²) in [6.07, 6.45) is 0.462. The number of nitrogens with two attached hydrogens (primary N) is 1. The zero-order valence-electron chi connectivity index (χ0n) is 13.5. The highest BCUT2D eigenvalue weighted by Gasteiger charge is 2.09. The van der Waals surface area contributed by atoms with Gasteiger partial charge in [0.05, 0.1) is 24.9 Å². The van der Waals surface area contributed by atoms with Crippen molar-refractivity contribution in [2.45, 2.75) is 12.8 Å². The molecule has 2 rings (SSSR count). The summed E-state index contributed by atoms with van der Waals surface area (Å²) in [6, 6.07) is 14.4. The third-order valence-corrected chi connectivity index (χ3v) is 3.37. The van der Waals surface area contributed by atoms with Crippen LogP contribution < -0.4 is 21.1 Å². The summed E-state index contributed by atoms with van der Waals surface area (Å²) in [6.45, 7) is 0.276. The molecule has 24 heavy (non-hydrogen) atoms. The molecule has 6 nitrogen and oxygen atoms in total. The number of carbonyl (C=O) groups is 2. The van der Waals surface area contributed by atoms with Crippen molar-refractivity contribution in [2.75, 3.05) is 24.3 Å². The molecule has 2 amide bonds. The molecule has 0 aromatic heterocycles. The summed E-state index contributed by atoms with van der Waals surface area (Å²) in [5.41, 5.74) is 7.35. The zero-order valence-corrected chi connectivity index (χ0v) is 13.5. The van der Waals surface area contributed by atoms with Crippen LogP contribution in [0.2, 0.25) is 0 Å². The van der Waals surface area contributed by atoms with Gasteiger partial charge < -0.3 is 21.1 Å². The number of methoxy groups -OCH3 is 1. The molecular weight excluding hydrogens is 306 g/mol. The van der Waals surface area contributed by atoms with Crippen LogP contribution in [0.15, 0.2) is 48.5 Å². The minimum atomic E-state index is -0.186. The lowest BCUT2D eigenvalue weighted by molar-refractivity contribution is -0.116. The van der Waals surface area contributed by atoms with Crippen molar-refractivity contribution in [1.82, 2.24) is 0 Å². The fraction of sp³-hybridized carbons (Fsp3) is 0.222. The molecule has 0 bridgehead atoms. The van der Waals surface area contributed by atoms with Crippen LogP contribution in [-0.4, -0.2) is 25.5 Å². The Morgan fingerprint density at radius 1 is 0.958 bits per heavy atom. The van der Waals surface area contributed by atoms with E-state index in [0.29, 0.717) is 11.4 Å². The molecule has 0 unspecified atom stereocenters. The lowest BCUT2D eigenvalue weighted by Gasteiger charge is -2.12. The van der Waals surface area contributed by atoms with Crippen molar-refractivity contribution in [1.29, 1.82) is 0 Å². The normalized spacial score (nSPS) is 10.1. The van der Waals surface area contributed by atoms with E-state index in [-0.39, 0.29) is 31.2 Å². The second kappa shape index (κ2) is 8.69. The van der Waals surface area contributed by atoms with Gasteiger partial charge in [0.25, 0.3) is 0 Å². The molecule has 2 aromatic carbocycles. The van der Waals surface area contributed by atoms with Crippen molar-refractivity contribution in [3.63, 3.8) is 0 Å². The van der Waals surface area contributed by atoms with Crippen molar-refractivity contribution in [3.05, 3.63) is 54.1 Å². The third-order valence-electron chi connectivity index (χ3n) is 3.37. The van der Waals surface area contributed by atoms with E-state index in [0.717, 1.165) is 11.3 Å². The average molecular weight is 327 g/mol. The number of amides is 2. The van der Waals surface area contributed by atoms with E-state index in [1.165, 1.54) is 0 Å². The summed E-state index contributed by atoms with van der Waals surface area (Å²) >= 11 is 0. The number of benzene rings is 2. The van der Waals surface area contributed by atoms with Gasteiger partial charge in [0.1, 0.15) is 5.75 Å². The summed E-state index contributed by atoms with van der Waals surface area (Å²) in [4.78, 5) is 23.9. The molecule has 0 fully saturated rings. The maximum Gasteiger partial charge on any atom is 0.228 e. The number of hydrogen-bond donors (Lipinski definition) is 3. The van der Waals surface area contributed by atoms with Crippen LogP contribution in [0.4, 0.5) is 11.4 Å². The fourth-order valence-corrected chi connectivity index (χ4v) is 2.17. The summed E-state index contributed by atoms with van der Waals surface area (Å²) in [5.74, 6) is 0.391. The first-order valence-electron chi connectivity index (χ1n) is 7.64. The van der Waals surface area contributed by atoms with Crippen LogP contribution in [0.25, 0.3) is 0 Å². The maximum absolute atomic E-state index is 12.2. The highest BCUT2D eigenvalue weighted by atomic mass is 16.5. The molecular formula is C18H21N3O3. The zero-order chi connectivity index (χ0) is 17.4. The van der Waals surface area contributed by atoms with Gasteiger partial charge in [-0.1, -0.05) is 24.3 Å². The molecule has 0 aliphatic rings. The van der Waals surface area contributed by atoms with E-state index in [9.17, 15) is 9.59 Å². The molecule has 6 heteroatoms. The van der Waals surface area contributed by atoms with Crippen LogP contribution in [-0.2, 0) is 16.0 Å². The Morgan fingerprint density at radius 3 is 2.08 bits per heavy atom. The lowest BCUT2D eigenvalue weighted by atomic mass is 10.1. The number of hydrogen-bond acceptors (Lipinski definition) is 4. The van der Waals surface area contributed by atoms with Gasteiger partial charge in [-0.25, -0.2) is 0 Å². The monoisotopic (exact) mass is 327 g/mol. The van der Waals surface area contributed by atoms with E-state index in [2.05, 4.69) is 10.6 Å². The van der Waals surface area contributed by atoms with Gasteiger partial charge in [-0.15, -0.1) is 0 Å². The molecule has 0 heterocycles. The SMILES string of the molecule is COc1ccc(CC(=O)Nc2ccccc2NC(=O)CCN)cc1. The minimum absolute atomic E-state index is 0.166. The second-order valence-corrected chi connectivity index (χ2v) is 5.21. The van der Waals surface area contributed by atoms with Gasteiger partial charge in [-0.05, 0) is 29.8 Å². The fourth-order valence-electron chi connectivity index (χ4n) is 2.17. The molecule has 2 aromatic rings. The second-order valence-electron chi connectivity index (χ2n) is 5.21. The number of rotatable bonds is 7. The quantitative estimate of drug-likeness (QED) is 0.726. The minimum Gasteiger partial charge on any atom is -0.497 e. The number of ether oxygens (including phenoxy) is 1. The largest absolute Gasteiger partial charge is 0.497 e. The van der Waals surface area contributed by atoms with Crippen LogP contribution in [0.1, 0.15) is 12.0 Å². The number of para-hydroxylation sites is 2. The van der Waals surface area contributed by atoms with Crippen molar-refractivity contribution < 1.29 is 14.3 Å². The third kappa shape index (κ3) is 5.10. The molecule has 0 radical (unpaired) electrons. The van der Waals surface area contributed by atoms with Crippen LogP contribution >= 0.6 is 0 Å². The van der Waals surface area contributed by atoms with Gasteiger partial charge >= 0.3 is 0 Å². The van der Waals surface area contributed by atoms with Crippen LogP contribution in [0.5, 0.6) is 5.75 Å². The highest BCUT2D eigenvalue weighted by Crippen LogP contribution is 2.21. The van der Waals surface area contributed by atoms with Crippen molar-refractivity contribution in [3.8, 4) is 5.75 Å². The van der Waals surface area contributed by atoms with Crippen molar-refractivity contribution in [2.24, 2.45) is 5.73 Å². The first-order valence-corrected chi connectivity index (χ1v) is 7.64. The van der Waals surface area contributed by atoms with Crippen LogP contribution in [0.3, 0.4) is 0 Å². The summed E-state index contributed by atoms with van der Waals surface area (Å²) in [7, 11) is 1.59. The Labute approximate surface area is 141 Å². The Hall–Kier alpha value is -2.86. The topological polar surface area (TPSA) is 93.5 Å². The van der Waals surface area contributed by atoms with E-state index < -0.39 is 0 Å². The van der Waals surface area contributed by atoms with E-state index in [4.69, 9.17) is 10.5 Å². The van der Waals surface area contributed by atoms with Crippen LogP contribution in [0, 0.1) is 0 Å². The standard InChI is InChI=1S/C18H21N3O3/c1-24-14-8-6-13(7-9-14)12-18(23)21-16-5-3-2-4-15(16)20-17(22)10-11-19/h2-9H,10-12,19H2,1H3,(H,20,22)(H,21,23). The molecule has 4 N–H and O–H groups in total. The number of carbonyl (C=O) groups excluding carboxylic acids is 2.